The Hall–Kier alpha value is -0.500. The Morgan fingerprint density at radius 2 is 2.07 bits per heavy atom. The van der Waals surface area contributed by atoms with Crippen LogP contribution in [0.15, 0.2) is 24.3 Å². The van der Waals surface area contributed by atoms with E-state index in [1.54, 1.807) is 6.07 Å². The molecule has 0 aromatic heterocycles. The van der Waals surface area contributed by atoms with Crippen LogP contribution in [0.25, 0.3) is 6.08 Å². The molecule has 0 aliphatic heterocycles. The first kappa shape index (κ1) is 12.6. The number of nitrogens with two attached hydrogens (primary N) is 1. The molecule has 82 valence electrons. The Bertz CT molecular complexity index is 345. The maximum absolute atomic E-state index is 5.89. The van der Waals surface area contributed by atoms with Crippen molar-refractivity contribution >= 4 is 29.3 Å². The average molecular weight is 244 g/mol. The summed E-state index contributed by atoms with van der Waals surface area (Å²) in [7, 11) is 0. The lowest BCUT2D eigenvalue weighted by Crippen LogP contribution is -2.13. The summed E-state index contributed by atoms with van der Waals surface area (Å²) in [6, 6.07) is 5.85. The third-order valence-electron chi connectivity index (χ3n) is 2.04. The van der Waals surface area contributed by atoms with Gasteiger partial charge in [-0.2, -0.15) is 0 Å². The van der Waals surface area contributed by atoms with Gasteiger partial charge in [-0.3, -0.25) is 0 Å². The summed E-state index contributed by atoms with van der Waals surface area (Å²) >= 11 is 11.7. The molecular formula is C12H15Cl2N. The molecule has 0 spiro atoms. The van der Waals surface area contributed by atoms with Crippen molar-refractivity contribution in [2.75, 3.05) is 0 Å². The fraction of sp³-hybridized carbons (Fsp3) is 0.333. The molecule has 0 radical (unpaired) electrons. The standard InChI is InChI=1S/C12H15Cl2N/c1-9(15)4-2-3-5-10-6-7-11(13)12(14)8-10/h3,5-9H,2,4,15H2,1H3/b5-3+. The minimum absolute atomic E-state index is 0.253. The van der Waals surface area contributed by atoms with Crippen molar-refractivity contribution in [2.24, 2.45) is 5.73 Å². The minimum Gasteiger partial charge on any atom is -0.328 e. The van der Waals surface area contributed by atoms with Crippen LogP contribution in [0.2, 0.25) is 10.0 Å². The SMILES string of the molecule is CC(N)CC/C=C/c1ccc(Cl)c(Cl)c1. The molecule has 1 aromatic carbocycles. The molecular weight excluding hydrogens is 229 g/mol. The molecule has 3 heteroatoms. The van der Waals surface area contributed by atoms with Crippen LogP contribution >= 0.6 is 23.2 Å². The molecule has 0 saturated carbocycles. The average Bonchev–Trinajstić information content (AvgIpc) is 2.18. The Labute approximate surface area is 101 Å². The second kappa shape index (κ2) is 6.16. The molecule has 1 rings (SSSR count). The highest BCUT2D eigenvalue weighted by Gasteiger charge is 1.96. The highest BCUT2D eigenvalue weighted by molar-refractivity contribution is 6.42. The van der Waals surface area contributed by atoms with E-state index in [0.29, 0.717) is 10.0 Å². The summed E-state index contributed by atoms with van der Waals surface area (Å²) in [5, 5.41) is 1.18. The van der Waals surface area contributed by atoms with Gasteiger partial charge in [0.2, 0.25) is 0 Å². The lowest BCUT2D eigenvalue weighted by molar-refractivity contribution is 0.677. The first-order valence-electron chi connectivity index (χ1n) is 4.97. The van der Waals surface area contributed by atoms with Crippen LogP contribution in [-0.2, 0) is 0 Å². The van der Waals surface area contributed by atoms with Crippen molar-refractivity contribution in [3.63, 3.8) is 0 Å². The quantitative estimate of drug-likeness (QED) is 0.846. The molecule has 0 heterocycles. The van der Waals surface area contributed by atoms with Gasteiger partial charge in [-0.15, -0.1) is 0 Å². The molecule has 0 bridgehead atoms. The zero-order chi connectivity index (χ0) is 11.3. The van der Waals surface area contributed by atoms with Crippen LogP contribution in [0, 0.1) is 0 Å². The van der Waals surface area contributed by atoms with Crippen molar-refractivity contribution in [3.05, 3.63) is 39.9 Å². The van der Waals surface area contributed by atoms with Gasteiger partial charge in [0.1, 0.15) is 0 Å². The topological polar surface area (TPSA) is 26.0 Å². The maximum Gasteiger partial charge on any atom is 0.0598 e. The van der Waals surface area contributed by atoms with Gasteiger partial charge < -0.3 is 5.73 Å². The van der Waals surface area contributed by atoms with E-state index >= 15 is 0 Å². The Morgan fingerprint density at radius 1 is 1.33 bits per heavy atom. The van der Waals surface area contributed by atoms with E-state index in [1.165, 1.54) is 0 Å². The zero-order valence-electron chi connectivity index (χ0n) is 8.71. The normalized spacial score (nSPS) is 13.3. The molecule has 1 atom stereocenters. The molecule has 2 N–H and O–H groups in total. The highest BCUT2D eigenvalue weighted by Crippen LogP contribution is 2.23. The third-order valence-corrected chi connectivity index (χ3v) is 2.78. The molecule has 1 nitrogen and oxygen atoms in total. The van der Waals surface area contributed by atoms with Crippen LogP contribution in [0.5, 0.6) is 0 Å². The van der Waals surface area contributed by atoms with E-state index in [2.05, 4.69) is 6.08 Å². The van der Waals surface area contributed by atoms with Gasteiger partial charge in [0.15, 0.2) is 0 Å². The summed E-state index contributed by atoms with van der Waals surface area (Å²) in [5.74, 6) is 0. The molecule has 0 aliphatic rings. The van der Waals surface area contributed by atoms with Gasteiger partial charge >= 0.3 is 0 Å². The van der Waals surface area contributed by atoms with Crippen molar-refractivity contribution in [2.45, 2.75) is 25.8 Å². The van der Waals surface area contributed by atoms with E-state index in [-0.39, 0.29) is 6.04 Å². The van der Waals surface area contributed by atoms with E-state index in [9.17, 15) is 0 Å². The van der Waals surface area contributed by atoms with Gasteiger partial charge in [0, 0.05) is 6.04 Å². The maximum atomic E-state index is 5.89. The Balaban J connectivity index is 2.53. The summed E-state index contributed by atoms with van der Waals surface area (Å²) in [6.07, 6.45) is 6.11. The minimum atomic E-state index is 0.253. The van der Waals surface area contributed by atoms with Crippen LogP contribution < -0.4 is 5.73 Å². The van der Waals surface area contributed by atoms with Crippen molar-refractivity contribution < 1.29 is 0 Å². The third kappa shape index (κ3) is 4.70. The van der Waals surface area contributed by atoms with E-state index in [0.717, 1.165) is 18.4 Å². The van der Waals surface area contributed by atoms with E-state index in [4.69, 9.17) is 28.9 Å². The summed E-state index contributed by atoms with van der Waals surface area (Å²) in [4.78, 5) is 0. The number of halogens is 2. The molecule has 0 saturated heterocycles. The highest BCUT2D eigenvalue weighted by atomic mass is 35.5. The van der Waals surface area contributed by atoms with E-state index < -0.39 is 0 Å². The fourth-order valence-electron chi connectivity index (χ4n) is 1.19. The zero-order valence-corrected chi connectivity index (χ0v) is 10.2. The van der Waals surface area contributed by atoms with Gasteiger partial charge in [-0.05, 0) is 37.5 Å². The molecule has 0 fully saturated rings. The second-order valence-electron chi connectivity index (χ2n) is 3.63. The first-order chi connectivity index (χ1) is 7.09. The molecule has 1 unspecified atom stereocenters. The number of hydrogen-bond donors (Lipinski definition) is 1. The van der Waals surface area contributed by atoms with Crippen LogP contribution in [-0.4, -0.2) is 6.04 Å². The summed E-state index contributed by atoms with van der Waals surface area (Å²) in [5.41, 5.74) is 6.71. The van der Waals surface area contributed by atoms with Crippen LogP contribution in [0.1, 0.15) is 25.3 Å². The smallest absolute Gasteiger partial charge is 0.0598 e. The molecule has 0 amide bonds. The van der Waals surface area contributed by atoms with Gasteiger partial charge in [-0.25, -0.2) is 0 Å². The lowest BCUT2D eigenvalue weighted by Gasteiger charge is -2.00. The molecule has 15 heavy (non-hydrogen) atoms. The summed E-state index contributed by atoms with van der Waals surface area (Å²) < 4.78 is 0. The number of hydrogen-bond acceptors (Lipinski definition) is 1. The molecule has 0 aliphatic carbocycles. The monoisotopic (exact) mass is 243 g/mol. The number of allylic oxidation sites excluding steroid dienone is 1. The van der Waals surface area contributed by atoms with Crippen LogP contribution in [0.4, 0.5) is 0 Å². The van der Waals surface area contributed by atoms with Crippen molar-refractivity contribution in [3.8, 4) is 0 Å². The predicted molar refractivity (Wildman–Crippen MR) is 68.4 cm³/mol. The van der Waals surface area contributed by atoms with Crippen molar-refractivity contribution in [1.29, 1.82) is 0 Å². The van der Waals surface area contributed by atoms with Crippen molar-refractivity contribution in [1.82, 2.24) is 0 Å². The number of benzene rings is 1. The Kier molecular flexibility index (Phi) is 5.16. The molecule has 1 aromatic rings. The first-order valence-corrected chi connectivity index (χ1v) is 5.72. The summed E-state index contributed by atoms with van der Waals surface area (Å²) in [6.45, 7) is 2.01. The largest absolute Gasteiger partial charge is 0.328 e. The second-order valence-corrected chi connectivity index (χ2v) is 4.44. The van der Waals surface area contributed by atoms with Gasteiger partial charge in [0.25, 0.3) is 0 Å². The predicted octanol–water partition coefficient (Wildman–Crippen LogP) is 4.13. The lowest BCUT2D eigenvalue weighted by atomic mass is 10.1. The Morgan fingerprint density at radius 3 is 2.67 bits per heavy atom. The van der Waals surface area contributed by atoms with Crippen LogP contribution in [0.3, 0.4) is 0 Å². The van der Waals surface area contributed by atoms with Gasteiger partial charge in [0.05, 0.1) is 10.0 Å². The fourth-order valence-corrected chi connectivity index (χ4v) is 1.50. The number of rotatable bonds is 4. The van der Waals surface area contributed by atoms with E-state index in [1.807, 2.05) is 25.1 Å². The van der Waals surface area contributed by atoms with Gasteiger partial charge in [-0.1, -0.05) is 41.4 Å².